The summed E-state index contributed by atoms with van der Waals surface area (Å²) in [6, 6.07) is 7.18. The summed E-state index contributed by atoms with van der Waals surface area (Å²) in [5.41, 5.74) is 3.40. The van der Waals surface area contributed by atoms with Crippen LogP contribution >= 0.6 is 0 Å². The number of carbonyl (C=O) groups is 1. The van der Waals surface area contributed by atoms with Gasteiger partial charge in [0.15, 0.2) is 0 Å². The minimum absolute atomic E-state index is 0.110. The number of benzene rings is 1. The molecule has 1 aromatic heterocycles. The zero-order chi connectivity index (χ0) is 14.0. The Morgan fingerprint density at radius 3 is 2.63 bits per heavy atom. The molecule has 1 aromatic carbocycles. The fraction of sp³-hybridized carbons (Fsp3) is 0.286. The van der Waals surface area contributed by atoms with Crippen LogP contribution in [-0.2, 0) is 13.7 Å². The minimum Gasteiger partial charge on any atom is -0.392 e. The Morgan fingerprint density at radius 1 is 1.37 bits per heavy atom. The molecule has 0 saturated heterocycles. The molecule has 1 heterocycles. The molecule has 0 aliphatic heterocycles. The molecule has 5 heteroatoms. The Bertz CT molecular complexity index is 617. The number of aryl methyl sites for hydroxylation is 2. The number of nitrogens with one attached hydrogen (secondary N) is 1. The average Bonchev–Trinajstić information content (AvgIpc) is 2.64. The van der Waals surface area contributed by atoms with E-state index in [9.17, 15) is 9.90 Å². The van der Waals surface area contributed by atoms with Crippen molar-refractivity contribution in [3.63, 3.8) is 0 Å². The summed E-state index contributed by atoms with van der Waals surface area (Å²) < 4.78 is 1.68. The molecule has 5 nitrogen and oxygen atoms in total. The van der Waals surface area contributed by atoms with Crippen LogP contribution in [0, 0.1) is 13.8 Å². The predicted octanol–water partition coefficient (Wildman–Crippen LogP) is 1.78. The van der Waals surface area contributed by atoms with Gasteiger partial charge in [0.2, 0.25) is 0 Å². The molecule has 2 rings (SSSR count). The molecule has 0 aliphatic carbocycles. The first-order valence-electron chi connectivity index (χ1n) is 6.05. The Morgan fingerprint density at radius 2 is 2.05 bits per heavy atom. The molecule has 0 fully saturated rings. The van der Waals surface area contributed by atoms with Crippen molar-refractivity contribution in [2.24, 2.45) is 7.05 Å². The summed E-state index contributed by atoms with van der Waals surface area (Å²) >= 11 is 0. The smallest absolute Gasteiger partial charge is 0.259 e. The van der Waals surface area contributed by atoms with Crippen molar-refractivity contribution in [2.75, 3.05) is 5.32 Å². The van der Waals surface area contributed by atoms with E-state index in [1.54, 1.807) is 30.8 Å². The number of carbonyl (C=O) groups excluding carboxylic acids is 1. The monoisotopic (exact) mass is 259 g/mol. The van der Waals surface area contributed by atoms with Gasteiger partial charge in [-0.3, -0.25) is 9.48 Å². The van der Waals surface area contributed by atoms with Gasteiger partial charge in [0.25, 0.3) is 5.91 Å². The van der Waals surface area contributed by atoms with Gasteiger partial charge in [0, 0.05) is 24.0 Å². The number of hydrogen-bond donors (Lipinski definition) is 2. The number of rotatable bonds is 3. The van der Waals surface area contributed by atoms with Gasteiger partial charge in [-0.1, -0.05) is 18.2 Å². The highest BCUT2D eigenvalue weighted by molar-refractivity contribution is 6.06. The first kappa shape index (κ1) is 13.3. The quantitative estimate of drug-likeness (QED) is 0.883. The maximum atomic E-state index is 12.3. The molecule has 0 radical (unpaired) electrons. The van der Waals surface area contributed by atoms with E-state index >= 15 is 0 Å². The van der Waals surface area contributed by atoms with Crippen LogP contribution in [-0.4, -0.2) is 20.8 Å². The molecule has 1 amide bonds. The molecular weight excluding hydrogens is 242 g/mol. The normalized spacial score (nSPS) is 10.5. The maximum absolute atomic E-state index is 12.3. The maximum Gasteiger partial charge on any atom is 0.259 e. The van der Waals surface area contributed by atoms with Gasteiger partial charge in [-0.25, -0.2) is 0 Å². The third-order valence-electron chi connectivity index (χ3n) is 3.17. The molecule has 2 aromatic rings. The van der Waals surface area contributed by atoms with Crippen molar-refractivity contribution in [1.29, 1.82) is 0 Å². The van der Waals surface area contributed by atoms with Gasteiger partial charge in [0.05, 0.1) is 17.9 Å². The number of aliphatic hydroxyl groups is 1. The Kier molecular flexibility index (Phi) is 3.66. The molecular formula is C14H17N3O2. The fourth-order valence-corrected chi connectivity index (χ4v) is 2.07. The molecule has 19 heavy (non-hydrogen) atoms. The highest BCUT2D eigenvalue weighted by Crippen LogP contribution is 2.18. The van der Waals surface area contributed by atoms with Crippen LogP contribution < -0.4 is 5.32 Å². The van der Waals surface area contributed by atoms with E-state index in [1.807, 2.05) is 19.1 Å². The number of anilines is 1. The number of hydrogen-bond acceptors (Lipinski definition) is 3. The van der Waals surface area contributed by atoms with E-state index in [4.69, 9.17) is 0 Å². The minimum atomic E-state index is -0.205. The first-order chi connectivity index (χ1) is 9.04. The van der Waals surface area contributed by atoms with Gasteiger partial charge < -0.3 is 10.4 Å². The second kappa shape index (κ2) is 5.24. The summed E-state index contributed by atoms with van der Waals surface area (Å²) in [5, 5.41) is 16.3. The summed E-state index contributed by atoms with van der Waals surface area (Å²) in [6.07, 6.45) is 0. The lowest BCUT2D eigenvalue weighted by atomic mass is 10.1. The molecule has 0 saturated carbocycles. The van der Waals surface area contributed by atoms with Crippen LogP contribution in [0.4, 0.5) is 5.69 Å². The van der Waals surface area contributed by atoms with Crippen LogP contribution in [0.2, 0.25) is 0 Å². The SMILES string of the molecule is Cc1nn(C)c(C)c1C(=O)Nc1ccccc1CO. The Labute approximate surface area is 111 Å². The molecule has 100 valence electrons. The summed E-state index contributed by atoms with van der Waals surface area (Å²) in [7, 11) is 1.81. The standard InChI is InChI=1S/C14H17N3O2/c1-9-13(10(2)17(3)16-9)14(19)15-12-7-5-4-6-11(12)8-18/h4-7,18H,8H2,1-3H3,(H,15,19). The highest BCUT2D eigenvalue weighted by Gasteiger charge is 2.18. The van der Waals surface area contributed by atoms with Crippen molar-refractivity contribution >= 4 is 11.6 Å². The lowest BCUT2D eigenvalue weighted by molar-refractivity contribution is 0.102. The van der Waals surface area contributed by atoms with E-state index in [0.29, 0.717) is 22.5 Å². The van der Waals surface area contributed by atoms with E-state index in [-0.39, 0.29) is 12.5 Å². The largest absolute Gasteiger partial charge is 0.392 e. The number of para-hydroxylation sites is 1. The number of aliphatic hydroxyl groups excluding tert-OH is 1. The van der Waals surface area contributed by atoms with E-state index in [0.717, 1.165) is 5.69 Å². The van der Waals surface area contributed by atoms with E-state index in [2.05, 4.69) is 10.4 Å². The van der Waals surface area contributed by atoms with Crippen LogP contribution in [0.25, 0.3) is 0 Å². The molecule has 0 unspecified atom stereocenters. The van der Waals surface area contributed by atoms with E-state index < -0.39 is 0 Å². The molecule has 2 N–H and O–H groups in total. The third kappa shape index (κ3) is 2.51. The topological polar surface area (TPSA) is 67.2 Å². The fourth-order valence-electron chi connectivity index (χ4n) is 2.07. The molecule has 0 aliphatic rings. The van der Waals surface area contributed by atoms with Gasteiger partial charge >= 0.3 is 0 Å². The van der Waals surface area contributed by atoms with Crippen LogP contribution in [0.5, 0.6) is 0 Å². The second-order valence-electron chi connectivity index (χ2n) is 4.44. The van der Waals surface area contributed by atoms with Gasteiger partial charge in [-0.2, -0.15) is 5.10 Å². The molecule has 0 bridgehead atoms. The zero-order valence-corrected chi connectivity index (χ0v) is 11.3. The lowest BCUT2D eigenvalue weighted by Gasteiger charge is -2.09. The van der Waals surface area contributed by atoms with Crippen molar-refractivity contribution in [3.05, 3.63) is 46.8 Å². The Balaban J connectivity index is 2.31. The van der Waals surface area contributed by atoms with Gasteiger partial charge in [-0.15, -0.1) is 0 Å². The molecule has 0 spiro atoms. The van der Waals surface area contributed by atoms with Crippen molar-refractivity contribution in [3.8, 4) is 0 Å². The number of nitrogens with zero attached hydrogens (tertiary/aromatic N) is 2. The second-order valence-corrected chi connectivity index (χ2v) is 4.44. The predicted molar refractivity (Wildman–Crippen MR) is 73.0 cm³/mol. The van der Waals surface area contributed by atoms with Crippen molar-refractivity contribution in [1.82, 2.24) is 9.78 Å². The molecule has 0 atom stereocenters. The third-order valence-corrected chi connectivity index (χ3v) is 3.17. The van der Waals surface area contributed by atoms with Crippen LogP contribution in [0.1, 0.15) is 27.3 Å². The van der Waals surface area contributed by atoms with Gasteiger partial charge in [0.1, 0.15) is 0 Å². The summed E-state index contributed by atoms with van der Waals surface area (Å²) in [4.78, 5) is 12.3. The number of aromatic nitrogens is 2. The lowest BCUT2D eigenvalue weighted by Crippen LogP contribution is -2.15. The summed E-state index contributed by atoms with van der Waals surface area (Å²) in [5.74, 6) is -0.205. The van der Waals surface area contributed by atoms with Crippen molar-refractivity contribution in [2.45, 2.75) is 20.5 Å². The van der Waals surface area contributed by atoms with Crippen LogP contribution in [0.3, 0.4) is 0 Å². The zero-order valence-electron chi connectivity index (χ0n) is 11.3. The van der Waals surface area contributed by atoms with Crippen molar-refractivity contribution < 1.29 is 9.90 Å². The Hall–Kier alpha value is -2.14. The average molecular weight is 259 g/mol. The highest BCUT2D eigenvalue weighted by atomic mass is 16.3. The van der Waals surface area contributed by atoms with Crippen LogP contribution in [0.15, 0.2) is 24.3 Å². The van der Waals surface area contributed by atoms with Gasteiger partial charge in [-0.05, 0) is 19.9 Å². The summed E-state index contributed by atoms with van der Waals surface area (Å²) in [6.45, 7) is 3.55. The first-order valence-corrected chi connectivity index (χ1v) is 6.05. The van der Waals surface area contributed by atoms with E-state index in [1.165, 1.54) is 0 Å². The number of amides is 1.